The van der Waals surface area contributed by atoms with Gasteiger partial charge in [-0.05, 0) is 56.3 Å². The van der Waals surface area contributed by atoms with E-state index < -0.39 is 0 Å². The first-order chi connectivity index (χ1) is 9.69. The van der Waals surface area contributed by atoms with Gasteiger partial charge in [0.15, 0.2) is 0 Å². The van der Waals surface area contributed by atoms with Gasteiger partial charge in [-0.1, -0.05) is 12.1 Å². The van der Waals surface area contributed by atoms with Gasteiger partial charge in [-0.3, -0.25) is 4.79 Å². The molecule has 2 saturated heterocycles. The molecule has 2 aliphatic rings. The number of rotatable bonds is 3. The molecule has 0 saturated carbocycles. The zero-order valence-electron chi connectivity index (χ0n) is 11.7. The van der Waals surface area contributed by atoms with E-state index in [2.05, 4.69) is 0 Å². The minimum Gasteiger partial charge on any atom is -0.393 e. The highest BCUT2D eigenvalue weighted by Gasteiger charge is 2.42. The van der Waals surface area contributed by atoms with Crippen LogP contribution in [-0.4, -0.2) is 40.6 Å². The highest BCUT2D eigenvalue weighted by molar-refractivity contribution is 5.95. The molecular weight excluding hydrogens is 252 g/mol. The lowest BCUT2D eigenvalue weighted by atomic mass is 9.98. The zero-order chi connectivity index (χ0) is 14.1. The van der Waals surface area contributed by atoms with Crippen molar-refractivity contribution in [1.29, 1.82) is 0 Å². The van der Waals surface area contributed by atoms with Crippen LogP contribution in [0.25, 0.3) is 0 Å². The molecule has 2 aliphatic heterocycles. The number of nitrogens with zero attached hydrogens (tertiary/aromatic N) is 1. The average molecular weight is 274 g/mol. The molecule has 3 N–H and O–H groups in total. The number of piperidine rings is 1. The summed E-state index contributed by atoms with van der Waals surface area (Å²) in [7, 11) is 0. The second kappa shape index (κ2) is 5.54. The largest absolute Gasteiger partial charge is 0.393 e. The lowest BCUT2D eigenvalue weighted by molar-refractivity contribution is 0.0287. The fraction of sp³-hybridized carbons (Fsp3) is 0.562. The van der Waals surface area contributed by atoms with Crippen LogP contribution in [0.15, 0.2) is 24.3 Å². The van der Waals surface area contributed by atoms with Gasteiger partial charge in [-0.25, -0.2) is 0 Å². The molecule has 2 unspecified atom stereocenters. The van der Waals surface area contributed by atoms with Gasteiger partial charge < -0.3 is 15.7 Å². The topological polar surface area (TPSA) is 66.6 Å². The van der Waals surface area contributed by atoms with Crippen molar-refractivity contribution in [3.05, 3.63) is 35.4 Å². The van der Waals surface area contributed by atoms with Crippen molar-refractivity contribution in [3.63, 3.8) is 0 Å². The van der Waals surface area contributed by atoms with Gasteiger partial charge in [0.05, 0.1) is 6.10 Å². The first-order valence-corrected chi connectivity index (χ1v) is 7.48. The van der Waals surface area contributed by atoms with Crippen LogP contribution >= 0.6 is 0 Å². The van der Waals surface area contributed by atoms with Crippen molar-refractivity contribution in [1.82, 2.24) is 4.90 Å². The van der Waals surface area contributed by atoms with Crippen LogP contribution < -0.4 is 5.73 Å². The summed E-state index contributed by atoms with van der Waals surface area (Å²) in [5.41, 5.74) is 7.45. The minimum absolute atomic E-state index is 0.115. The summed E-state index contributed by atoms with van der Waals surface area (Å²) in [6.07, 6.45) is 4.12. The van der Waals surface area contributed by atoms with Crippen molar-refractivity contribution in [2.24, 2.45) is 5.73 Å². The quantitative estimate of drug-likeness (QED) is 0.873. The van der Waals surface area contributed by atoms with E-state index in [9.17, 15) is 9.90 Å². The summed E-state index contributed by atoms with van der Waals surface area (Å²) < 4.78 is 0. The van der Waals surface area contributed by atoms with Gasteiger partial charge in [0.2, 0.25) is 0 Å². The highest BCUT2D eigenvalue weighted by atomic mass is 16.3. The number of hydrogen-bond donors (Lipinski definition) is 2. The first kappa shape index (κ1) is 13.6. The molecular formula is C16H22N2O2. The van der Waals surface area contributed by atoms with Crippen LogP contribution in [0.1, 0.15) is 41.6 Å². The van der Waals surface area contributed by atoms with Crippen molar-refractivity contribution in [3.8, 4) is 0 Å². The molecule has 2 bridgehead atoms. The first-order valence-electron chi connectivity index (χ1n) is 7.48. The fourth-order valence-corrected chi connectivity index (χ4v) is 3.61. The van der Waals surface area contributed by atoms with Crippen molar-refractivity contribution in [2.75, 3.05) is 6.54 Å². The fourth-order valence-electron chi connectivity index (χ4n) is 3.61. The molecule has 108 valence electrons. The molecule has 20 heavy (non-hydrogen) atoms. The van der Waals surface area contributed by atoms with Crippen molar-refractivity contribution < 1.29 is 9.90 Å². The number of aliphatic hydroxyl groups excluding tert-OH is 1. The van der Waals surface area contributed by atoms with Crippen LogP contribution in [0.5, 0.6) is 0 Å². The Hall–Kier alpha value is -1.39. The number of carbonyl (C=O) groups is 1. The van der Waals surface area contributed by atoms with Gasteiger partial charge in [-0.15, -0.1) is 0 Å². The van der Waals surface area contributed by atoms with E-state index in [1.54, 1.807) is 0 Å². The van der Waals surface area contributed by atoms with Crippen LogP contribution in [0.4, 0.5) is 0 Å². The van der Waals surface area contributed by atoms with Crippen LogP contribution in [0, 0.1) is 0 Å². The third-order valence-electron chi connectivity index (χ3n) is 4.58. The zero-order valence-corrected chi connectivity index (χ0v) is 11.7. The second-order valence-electron chi connectivity index (χ2n) is 5.96. The molecule has 1 aromatic rings. The van der Waals surface area contributed by atoms with Gasteiger partial charge in [0.1, 0.15) is 0 Å². The van der Waals surface area contributed by atoms with E-state index in [0.29, 0.717) is 6.54 Å². The van der Waals surface area contributed by atoms with Gasteiger partial charge >= 0.3 is 0 Å². The predicted octanol–water partition coefficient (Wildman–Crippen LogP) is 1.32. The summed E-state index contributed by atoms with van der Waals surface area (Å²) in [5, 5.41) is 9.81. The third-order valence-corrected chi connectivity index (χ3v) is 4.58. The van der Waals surface area contributed by atoms with E-state index in [1.807, 2.05) is 29.2 Å². The van der Waals surface area contributed by atoms with E-state index in [-0.39, 0.29) is 24.1 Å². The summed E-state index contributed by atoms with van der Waals surface area (Å²) in [4.78, 5) is 14.7. The lowest BCUT2D eigenvalue weighted by Gasteiger charge is -2.37. The Labute approximate surface area is 119 Å². The smallest absolute Gasteiger partial charge is 0.254 e. The van der Waals surface area contributed by atoms with Gasteiger partial charge in [-0.2, -0.15) is 0 Å². The molecule has 0 aromatic heterocycles. The number of carbonyl (C=O) groups excluding carboxylic acids is 1. The maximum Gasteiger partial charge on any atom is 0.254 e. The number of aliphatic hydroxyl groups is 1. The molecule has 0 radical (unpaired) electrons. The summed E-state index contributed by atoms with van der Waals surface area (Å²) in [6.45, 7) is 0.626. The molecule has 2 atom stereocenters. The van der Waals surface area contributed by atoms with E-state index in [0.717, 1.165) is 37.7 Å². The average Bonchev–Trinajstić information content (AvgIpc) is 2.71. The maximum absolute atomic E-state index is 12.7. The molecule has 3 rings (SSSR count). The molecule has 4 heteroatoms. The standard InChI is InChI=1S/C16H22N2O2/c17-8-7-11-1-3-12(4-2-11)16(20)18-13-5-6-14(18)10-15(19)9-13/h1-4,13-15,19H,5-10,17H2. The Kier molecular flexibility index (Phi) is 3.76. The third kappa shape index (κ3) is 2.45. The number of hydrogen-bond acceptors (Lipinski definition) is 3. The Morgan fingerprint density at radius 1 is 1.20 bits per heavy atom. The normalized spacial score (nSPS) is 28.7. The summed E-state index contributed by atoms with van der Waals surface area (Å²) in [5.74, 6) is 0.115. The van der Waals surface area contributed by atoms with Gasteiger partial charge in [0, 0.05) is 17.6 Å². The number of amides is 1. The Morgan fingerprint density at radius 3 is 2.35 bits per heavy atom. The van der Waals surface area contributed by atoms with Crippen LogP contribution in [0.3, 0.4) is 0 Å². The van der Waals surface area contributed by atoms with Gasteiger partial charge in [0.25, 0.3) is 5.91 Å². The monoisotopic (exact) mass is 274 g/mol. The molecule has 4 nitrogen and oxygen atoms in total. The van der Waals surface area contributed by atoms with Crippen molar-refractivity contribution >= 4 is 5.91 Å². The van der Waals surface area contributed by atoms with Crippen molar-refractivity contribution in [2.45, 2.75) is 50.3 Å². The Morgan fingerprint density at radius 2 is 1.80 bits per heavy atom. The second-order valence-corrected chi connectivity index (χ2v) is 5.96. The SMILES string of the molecule is NCCc1ccc(C(=O)N2C3CCC2CC(O)C3)cc1. The van der Waals surface area contributed by atoms with E-state index in [1.165, 1.54) is 5.56 Å². The molecule has 1 amide bonds. The molecule has 1 aromatic carbocycles. The Balaban J connectivity index is 1.76. The highest BCUT2D eigenvalue weighted by Crippen LogP contribution is 2.36. The predicted molar refractivity (Wildman–Crippen MR) is 77.4 cm³/mol. The molecule has 2 heterocycles. The summed E-state index contributed by atoms with van der Waals surface area (Å²) in [6, 6.07) is 8.22. The number of fused-ring (bicyclic) bond motifs is 2. The number of benzene rings is 1. The molecule has 0 spiro atoms. The van der Waals surface area contributed by atoms with Crippen LogP contribution in [-0.2, 0) is 6.42 Å². The van der Waals surface area contributed by atoms with Crippen LogP contribution in [0.2, 0.25) is 0 Å². The maximum atomic E-state index is 12.7. The lowest BCUT2D eigenvalue weighted by Crippen LogP contribution is -2.48. The molecule has 0 aliphatic carbocycles. The Bertz CT molecular complexity index is 472. The van der Waals surface area contributed by atoms with E-state index in [4.69, 9.17) is 5.73 Å². The molecule has 2 fully saturated rings. The summed E-state index contributed by atoms with van der Waals surface area (Å²) >= 11 is 0. The minimum atomic E-state index is -0.233. The number of nitrogens with two attached hydrogens (primary N) is 1. The van der Waals surface area contributed by atoms with E-state index >= 15 is 0 Å².